The summed E-state index contributed by atoms with van der Waals surface area (Å²) in [6.07, 6.45) is 5.49. The molecule has 0 saturated heterocycles. The van der Waals surface area contributed by atoms with Crippen LogP contribution < -0.4 is 5.32 Å². The zero-order valence-electron chi connectivity index (χ0n) is 8.97. The summed E-state index contributed by atoms with van der Waals surface area (Å²) in [5, 5.41) is 7.51. The normalized spacial score (nSPS) is 12.7. The number of nitrogens with one attached hydrogen (secondary N) is 1. The number of hydrogen-bond donors (Lipinski definition) is 1. The maximum Gasteiger partial charge on any atom is 0.125 e. The number of hydrogen-bond acceptors (Lipinski definition) is 3. The zero-order chi connectivity index (χ0) is 10.7. The van der Waals surface area contributed by atoms with Crippen LogP contribution in [-0.4, -0.2) is 9.78 Å². The van der Waals surface area contributed by atoms with Crippen LogP contribution in [0.4, 0.5) is 5.69 Å². The lowest BCUT2D eigenvalue weighted by molar-refractivity contribution is 0.490. The fourth-order valence-electron chi connectivity index (χ4n) is 1.47. The van der Waals surface area contributed by atoms with Gasteiger partial charge in [0, 0.05) is 12.7 Å². The lowest BCUT2D eigenvalue weighted by Crippen LogP contribution is -2.04. The van der Waals surface area contributed by atoms with E-state index in [2.05, 4.69) is 24.3 Å². The zero-order valence-corrected chi connectivity index (χ0v) is 8.97. The molecule has 0 amide bonds. The van der Waals surface area contributed by atoms with Gasteiger partial charge >= 0.3 is 0 Å². The summed E-state index contributed by atoms with van der Waals surface area (Å²) in [5.74, 6) is 0.930. The maximum absolute atomic E-state index is 5.31. The van der Waals surface area contributed by atoms with Crippen molar-refractivity contribution in [1.29, 1.82) is 0 Å². The Balaban J connectivity index is 2.02. The van der Waals surface area contributed by atoms with E-state index in [4.69, 9.17) is 4.42 Å². The molecule has 0 fully saturated rings. The Bertz CT molecular complexity index is 405. The molecule has 0 bridgehead atoms. The van der Waals surface area contributed by atoms with Gasteiger partial charge in [-0.3, -0.25) is 4.68 Å². The summed E-state index contributed by atoms with van der Waals surface area (Å²) >= 11 is 0. The van der Waals surface area contributed by atoms with Gasteiger partial charge in [0.05, 0.1) is 24.2 Å². The van der Waals surface area contributed by atoms with Gasteiger partial charge in [0.1, 0.15) is 5.76 Å². The summed E-state index contributed by atoms with van der Waals surface area (Å²) in [6.45, 7) is 5.01. The molecule has 0 aliphatic heterocycles. The molecule has 0 aliphatic carbocycles. The SMILES string of the molecule is CCn1cc(N[C@H](C)c2ccco2)cn1. The Kier molecular flexibility index (Phi) is 2.76. The highest BCUT2D eigenvalue weighted by Gasteiger charge is 2.08. The highest BCUT2D eigenvalue weighted by atomic mass is 16.3. The quantitative estimate of drug-likeness (QED) is 0.834. The van der Waals surface area contributed by atoms with Gasteiger partial charge in [-0.05, 0) is 26.0 Å². The van der Waals surface area contributed by atoms with E-state index < -0.39 is 0 Å². The molecule has 80 valence electrons. The predicted molar refractivity (Wildman–Crippen MR) is 58.6 cm³/mol. The molecule has 1 atom stereocenters. The Morgan fingerprint density at radius 3 is 3.07 bits per heavy atom. The third-order valence-corrected chi connectivity index (χ3v) is 2.31. The molecular formula is C11H15N3O. The molecule has 15 heavy (non-hydrogen) atoms. The van der Waals surface area contributed by atoms with Gasteiger partial charge in [0.15, 0.2) is 0 Å². The number of nitrogens with zero attached hydrogens (tertiary/aromatic N) is 2. The first-order valence-corrected chi connectivity index (χ1v) is 5.12. The average molecular weight is 205 g/mol. The van der Waals surface area contributed by atoms with Crippen LogP contribution in [0.1, 0.15) is 25.6 Å². The number of aryl methyl sites for hydroxylation is 1. The molecule has 0 radical (unpaired) electrons. The first-order valence-electron chi connectivity index (χ1n) is 5.12. The fourth-order valence-corrected chi connectivity index (χ4v) is 1.47. The van der Waals surface area contributed by atoms with Gasteiger partial charge in [-0.15, -0.1) is 0 Å². The van der Waals surface area contributed by atoms with Crippen LogP contribution in [0.3, 0.4) is 0 Å². The van der Waals surface area contributed by atoms with E-state index in [1.165, 1.54) is 0 Å². The molecule has 2 rings (SSSR count). The molecule has 0 unspecified atom stereocenters. The second-order valence-electron chi connectivity index (χ2n) is 3.47. The summed E-state index contributed by atoms with van der Waals surface area (Å²) in [4.78, 5) is 0. The van der Waals surface area contributed by atoms with Crippen LogP contribution in [0.25, 0.3) is 0 Å². The van der Waals surface area contributed by atoms with Crippen LogP contribution in [-0.2, 0) is 6.54 Å². The highest BCUT2D eigenvalue weighted by Crippen LogP contribution is 2.18. The second kappa shape index (κ2) is 4.21. The summed E-state index contributed by atoms with van der Waals surface area (Å²) in [7, 11) is 0. The molecule has 0 saturated carbocycles. The minimum atomic E-state index is 0.162. The van der Waals surface area contributed by atoms with E-state index in [1.54, 1.807) is 6.26 Å². The smallest absolute Gasteiger partial charge is 0.125 e. The summed E-state index contributed by atoms with van der Waals surface area (Å²) < 4.78 is 7.20. The number of aromatic nitrogens is 2. The molecule has 2 aromatic heterocycles. The van der Waals surface area contributed by atoms with E-state index in [-0.39, 0.29) is 6.04 Å². The van der Waals surface area contributed by atoms with Crippen molar-refractivity contribution in [1.82, 2.24) is 9.78 Å². The van der Waals surface area contributed by atoms with Gasteiger partial charge in [-0.1, -0.05) is 0 Å². The molecule has 2 aromatic rings. The van der Waals surface area contributed by atoms with Gasteiger partial charge < -0.3 is 9.73 Å². The molecule has 4 heteroatoms. The lowest BCUT2D eigenvalue weighted by atomic mass is 10.2. The molecule has 1 N–H and O–H groups in total. The van der Waals surface area contributed by atoms with Crippen molar-refractivity contribution in [3.05, 3.63) is 36.5 Å². The van der Waals surface area contributed by atoms with Crippen LogP contribution in [0.15, 0.2) is 35.2 Å². The van der Waals surface area contributed by atoms with Crippen molar-refractivity contribution in [2.45, 2.75) is 26.4 Å². The third-order valence-electron chi connectivity index (χ3n) is 2.31. The van der Waals surface area contributed by atoms with Crippen molar-refractivity contribution in [2.24, 2.45) is 0 Å². The first kappa shape index (κ1) is 9.83. The van der Waals surface area contributed by atoms with Crippen molar-refractivity contribution in [3.8, 4) is 0 Å². The summed E-state index contributed by atoms with van der Waals surface area (Å²) in [6, 6.07) is 4.01. The Hall–Kier alpha value is -1.71. The standard InChI is InChI=1S/C11H15N3O/c1-3-14-8-10(7-12-14)13-9(2)11-5-4-6-15-11/h4-9,13H,3H2,1-2H3/t9-/m1/s1. The molecule has 2 heterocycles. The predicted octanol–water partition coefficient (Wildman–Crippen LogP) is 2.67. The lowest BCUT2D eigenvalue weighted by Gasteiger charge is -2.10. The molecular weight excluding hydrogens is 190 g/mol. The highest BCUT2D eigenvalue weighted by molar-refractivity contribution is 5.40. The van der Waals surface area contributed by atoms with Gasteiger partial charge in [-0.2, -0.15) is 5.10 Å². The van der Waals surface area contributed by atoms with E-state index >= 15 is 0 Å². The minimum absolute atomic E-state index is 0.162. The van der Waals surface area contributed by atoms with Gasteiger partial charge in [0.25, 0.3) is 0 Å². The van der Waals surface area contributed by atoms with Gasteiger partial charge in [-0.25, -0.2) is 0 Å². The first-order chi connectivity index (χ1) is 7.29. The van der Waals surface area contributed by atoms with Crippen molar-refractivity contribution >= 4 is 5.69 Å². The molecule has 4 nitrogen and oxygen atoms in total. The van der Waals surface area contributed by atoms with Crippen molar-refractivity contribution in [3.63, 3.8) is 0 Å². The Morgan fingerprint density at radius 1 is 1.60 bits per heavy atom. The van der Waals surface area contributed by atoms with Crippen molar-refractivity contribution < 1.29 is 4.42 Å². The monoisotopic (exact) mass is 205 g/mol. The number of furan rings is 1. The molecule has 0 aliphatic rings. The third kappa shape index (κ3) is 2.21. The van der Waals surface area contributed by atoms with Crippen molar-refractivity contribution in [2.75, 3.05) is 5.32 Å². The van der Waals surface area contributed by atoms with Crippen LogP contribution in [0.2, 0.25) is 0 Å². The van der Waals surface area contributed by atoms with Crippen LogP contribution >= 0.6 is 0 Å². The van der Waals surface area contributed by atoms with Crippen LogP contribution in [0, 0.1) is 0 Å². The largest absolute Gasteiger partial charge is 0.467 e. The van der Waals surface area contributed by atoms with E-state index in [1.807, 2.05) is 29.2 Å². The minimum Gasteiger partial charge on any atom is -0.467 e. The molecule has 0 aromatic carbocycles. The fraction of sp³-hybridized carbons (Fsp3) is 0.364. The second-order valence-corrected chi connectivity index (χ2v) is 3.47. The molecule has 0 spiro atoms. The topological polar surface area (TPSA) is 43.0 Å². The Labute approximate surface area is 88.9 Å². The number of rotatable bonds is 4. The average Bonchev–Trinajstić information content (AvgIpc) is 2.87. The van der Waals surface area contributed by atoms with E-state index in [9.17, 15) is 0 Å². The summed E-state index contributed by atoms with van der Waals surface area (Å²) in [5.41, 5.74) is 1.01. The van der Waals surface area contributed by atoms with Gasteiger partial charge in [0.2, 0.25) is 0 Å². The number of anilines is 1. The maximum atomic E-state index is 5.31. The van der Waals surface area contributed by atoms with E-state index in [0.717, 1.165) is 18.0 Å². The van der Waals surface area contributed by atoms with Crippen LogP contribution in [0.5, 0.6) is 0 Å². The van der Waals surface area contributed by atoms with E-state index in [0.29, 0.717) is 0 Å². The Morgan fingerprint density at radius 2 is 2.47 bits per heavy atom.